The Bertz CT molecular complexity index is 1370. The Labute approximate surface area is 202 Å². The van der Waals surface area contributed by atoms with Crippen LogP contribution in [0.25, 0.3) is 5.82 Å². The van der Waals surface area contributed by atoms with Crippen LogP contribution in [-0.2, 0) is 17.9 Å². The molecule has 0 bridgehead atoms. The topological polar surface area (TPSA) is 125 Å². The molecule has 10 nitrogen and oxygen atoms in total. The minimum Gasteiger partial charge on any atom is -0.465 e. The molecule has 1 saturated heterocycles. The second-order valence-corrected chi connectivity index (χ2v) is 8.87. The highest BCUT2D eigenvalue weighted by Gasteiger charge is 2.34. The van der Waals surface area contributed by atoms with E-state index in [0.29, 0.717) is 43.1 Å². The van der Waals surface area contributed by atoms with Gasteiger partial charge in [0, 0.05) is 49.7 Å². The number of hydrogen-bond acceptors (Lipinski definition) is 7. The van der Waals surface area contributed by atoms with E-state index in [1.54, 1.807) is 23.1 Å². The van der Waals surface area contributed by atoms with Gasteiger partial charge in [0.15, 0.2) is 5.82 Å². The molecule has 10 heteroatoms. The average Bonchev–Trinajstić information content (AvgIpc) is 3.46. The van der Waals surface area contributed by atoms with Crippen LogP contribution in [0.3, 0.4) is 0 Å². The first-order valence-corrected chi connectivity index (χ1v) is 11.3. The number of benzene rings is 1. The summed E-state index contributed by atoms with van der Waals surface area (Å²) < 4.78 is 6.85. The molecule has 4 heterocycles. The highest BCUT2D eigenvalue weighted by Crippen LogP contribution is 2.34. The molecule has 2 aromatic heterocycles. The van der Waals surface area contributed by atoms with E-state index in [9.17, 15) is 14.7 Å². The summed E-state index contributed by atoms with van der Waals surface area (Å²) in [6.07, 6.45) is 4.25. The van der Waals surface area contributed by atoms with Crippen molar-refractivity contribution in [2.45, 2.75) is 33.0 Å². The second-order valence-electron chi connectivity index (χ2n) is 8.87. The first-order valence-electron chi connectivity index (χ1n) is 11.3. The van der Waals surface area contributed by atoms with Crippen LogP contribution in [0.2, 0.25) is 0 Å². The Morgan fingerprint density at radius 3 is 2.86 bits per heavy atom. The monoisotopic (exact) mass is 472 g/mol. The smallest absolute Gasteiger partial charge is 0.407 e. The number of rotatable bonds is 4. The number of aryl methyl sites for hydroxylation is 1. The number of esters is 1. The van der Waals surface area contributed by atoms with Crippen LogP contribution in [0, 0.1) is 25.2 Å². The number of cyclic esters (lactones) is 1. The van der Waals surface area contributed by atoms with Gasteiger partial charge >= 0.3 is 12.1 Å². The molecule has 1 aromatic carbocycles. The Balaban J connectivity index is 1.37. The first kappa shape index (κ1) is 22.6. The molecule has 2 aliphatic heterocycles. The molecule has 1 atom stereocenters. The van der Waals surface area contributed by atoms with Gasteiger partial charge in [-0.3, -0.25) is 9.80 Å². The maximum Gasteiger partial charge on any atom is 0.407 e. The normalized spacial score (nSPS) is 17.7. The molecule has 0 saturated carbocycles. The number of nitriles is 1. The summed E-state index contributed by atoms with van der Waals surface area (Å²) in [5, 5.41) is 23.4. The first-order chi connectivity index (χ1) is 16.9. The number of amides is 1. The van der Waals surface area contributed by atoms with Crippen LogP contribution in [-0.4, -0.2) is 61.4 Å². The molecular weight excluding hydrogens is 448 g/mol. The second kappa shape index (κ2) is 8.85. The van der Waals surface area contributed by atoms with Crippen LogP contribution in [0.5, 0.6) is 0 Å². The fraction of sp³-hybridized carbons (Fsp3) is 0.320. The molecule has 1 fully saturated rings. The quantitative estimate of drug-likeness (QED) is 0.575. The number of hydrogen-bond donors (Lipinski definition) is 1. The van der Waals surface area contributed by atoms with Gasteiger partial charge in [-0.05, 0) is 42.7 Å². The van der Waals surface area contributed by atoms with E-state index in [0.717, 1.165) is 27.8 Å². The maximum absolute atomic E-state index is 12.0. The summed E-state index contributed by atoms with van der Waals surface area (Å²) in [5.41, 5.74) is 5.52. The molecule has 1 unspecified atom stereocenters. The van der Waals surface area contributed by atoms with Crippen molar-refractivity contribution < 1.29 is 19.4 Å². The van der Waals surface area contributed by atoms with Crippen molar-refractivity contribution in [2.24, 2.45) is 0 Å². The van der Waals surface area contributed by atoms with Crippen molar-refractivity contribution in [1.29, 1.82) is 5.26 Å². The predicted octanol–water partition coefficient (Wildman–Crippen LogP) is 2.96. The van der Waals surface area contributed by atoms with Gasteiger partial charge in [-0.25, -0.2) is 19.3 Å². The van der Waals surface area contributed by atoms with Crippen molar-refractivity contribution in [3.8, 4) is 11.9 Å². The van der Waals surface area contributed by atoms with Crippen molar-refractivity contribution >= 4 is 12.1 Å². The third-order valence-electron chi connectivity index (χ3n) is 6.77. The fourth-order valence-corrected chi connectivity index (χ4v) is 4.82. The van der Waals surface area contributed by atoms with Crippen LogP contribution in [0.15, 0.2) is 36.8 Å². The molecule has 2 aliphatic rings. The highest BCUT2D eigenvalue weighted by molar-refractivity contribution is 5.94. The van der Waals surface area contributed by atoms with E-state index in [1.165, 1.54) is 4.90 Å². The van der Waals surface area contributed by atoms with Gasteiger partial charge in [0.1, 0.15) is 12.7 Å². The van der Waals surface area contributed by atoms with Crippen LogP contribution in [0.4, 0.5) is 4.79 Å². The number of fused-ring (bicyclic) bond motifs is 1. The maximum atomic E-state index is 12.0. The summed E-state index contributed by atoms with van der Waals surface area (Å²) in [6, 6.07) is 7.16. The van der Waals surface area contributed by atoms with E-state index < -0.39 is 6.09 Å². The number of carbonyl (C=O) groups is 2. The van der Waals surface area contributed by atoms with Crippen LogP contribution in [0.1, 0.15) is 49.8 Å². The van der Waals surface area contributed by atoms with Crippen molar-refractivity contribution in [3.63, 3.8) is 0 Å². The largest absolute Gasteiger partial charge is 0.465 e. The summed E-state index contributed by atoms with van der Waals surface area (Å²) in [7, 11) is 0. The lowest BCUT2D eigenvalue weighted by Gasteiger charge is -2.40. The molecule has 5 rings (SSSR count). The van der Waals surface area contributed by atoms with Crippen LogP contribution < -0.4 is 0 Å². The zero-order chi connectivity index (χ0) is 24.7. The molecule has 1 amide bonds. The molecule has 0 aliphatic carbocycles. The number of piperazine rings is 1. The van der Waals surface area contributed by atoms with Gasteiger partial charge < -0.3 is 9.84 Å². The summed E-state index contributed by atoms with van der Waals surface area (Å²) in [4.78, 5) is 31.9. The van der Waals surface area contributed by atoms with E-state index in [1.807, 2.05) is 32.2 Å². The number of carboxylic acid groups (broad SMARTS) is 1. The third-order valence-corrected chi connectivity index (χ3v) is 6.77. The van der Waals surface area contributed by atoms with Gasteiger partial charge in [0.2, 0.25) is 0 Å². The van der Waals surface area contributed by atoms with E-state index in [4.69, 9.17) is 10.00 Å². The Kier molecular flexibility index (Phi) is 5.70. The Morgan fingerprint density at radius 2 is 2.11 bits per heavy atom. The van der Waals surface area contributed by atoms with Crippen molar-refractivity contribution in [2.75, 3.05) is 19.6 Å². The number of ether oxygens (including phenoxy) is 1. The van der Waals surface area contributed by atoms with Gasteiger partial charge in [0.05, 0.1) is 23.4 Å². The molecule has 1 N–H and O–H groups in total. The van der Waals surface area contributed by atoms with Gasteiger partial charge in [-0.1, -0.05) is 6.07 Å². The Hall–Kier alpha value is -4.23. The predicted molar refractivity (Wildman–Crippen MR) is 124 cm³/mol. The lowest BCUT2D eigenvalue weighted by Crippen LogP contribution is -2.50. The third kappa shape index (κ3) is 4.11. The fourth-order valence-electron chi connectivity index (χ4n) is 4.82. The standard InChI is InChI=1S/C25H24N6O4/c1-15-7-23(27-10-18(15)8-26)31-12-17(9-28-31)11-29-5-6-30(25(33)34)22(13-29)19-3-4-20-21(16(19)2)14-35-24(20)32/h3-4,7,9-10,12,22H,5-6,11,13-14H2,1-2H3,(H,33,34). The van der Waals surface area contributed by atoms with E-state index >= 15 is 0 Å². The summed E-state index contributed by atoms with van der Waals surface area (Å²) in [6.45, 7) is 6.08. The van der Waals surface area contributed by atoms with Gasteiger partial charge in [-0.15, -0.1) is 0 Å². The van der Waals surface area contributed by atoms with Gasteiger partial charge in [0.25, 0.3) is 0 Å². The summed E-state index contributed by atoms with van der Waals surface area (Å²) in [5.74, 6) is 0.297. The zero-order valence-electron chi connectivity index (χ0n) is 19.4. The van der Waals surface area contributed by atoms with Gasteiger partial charge in [-0.2, -0.15) is 10.4 Å². The summed E-state index contributed by atoms with van der Waals surface area (Å²) >= 11 is 0. The van der Waals surface area contributed by atoms with E-state index in [2.05, 4.69) is 21.1 Å². The average molecular weight is 473 g/mol. The minimum atomic E-state index is -0.961. The van der Waals surface area contributed by atoms with E-state index in [-0.39, 0.29) is 18.6 Å². The molecule has 0 spiro atoms. The number of nitrogens with zero attached hydrogens (tertiary/aromatic N) is 6. The lowest BCUT2D eigenvalue weighted by atomic mass is 9.92. The number of pyridine rings is 1. The Morgan fingerprint density at radius 1 is 1.29 bits per heavy atom. The number of aromatic nitrogens is 3. The zero-order valence-corrected chi connectivity index (χ0v) is 19.4. The molecule has 178 valence electrons. The van der Waals surface area contributed by atoms with Crippen molar-refractivity contribution in [1.82, 2.24) is 24.6 Å². The molecule has 3 aromatic rings. The highest BCUT2D eigenvalue weighted by atomic mass is 16.5. The molecule has 0 radical (unpaired) electrons. The van der Waals surface area contributed by atoms with Crippen molar-refractivity contribution in [3.05, 3.63) is 75.7 Å². The molecule has 35 heavy (non-hydrogen) atoms. The minimum absolute atomic E-state index is 0.222. The number of carbonyl (C=O) groups excluding carboxylic acids is 1. The SMILES string of the molecule is Cc1cc(-n2cc(CN3CCN(C(=O)O)C(c4ccc5c(c4C)COC5=O)C3)cn2)ncc1C#N. The molecular formula is C25H24N6O4. The van der Waals surface area contributed by atoms with Crippen LogP contribution >= 0.6 is 0 Å². The lowest BCUT2D eigenvalue weighted by molar-refractivity contribution is 0.0535.